The molecule has 0 aliphatic carbocycles. The summed E-state index contributed by atoms with van der Waals surface area (Å²) in [6.45, 7) is 2.62. The third-order valence-electron chi connectivity index (χ3n) is 3.30. The third kappa shape index (κ3) is 3.11. The molecule has 2 rings (SSSR count). The van der Waals surface area contributed by atoms with Crippen LogP contribution in [0.4, 0.5) is 0 Å². The fraction of sp³-hybridized carbons (Fsp3) is 0.462. The van der Waals surface area contributed by atoms with E-state index in [1.807, 2.05) is 12.2 Å². The van der Waals surface area contributed by atoms with E-state index in [9.17, 15) is 13.2 Å². The lowest BCUT2D eigenvalue weighted by molar-refractivity contribution is 0.0745. The van der Waals surface area contributed by atoms with Gasteiger partial charge in [0.05, 0.1) is 6.04 Å². The molecule has 2 heterocycles. The van der Waals surface area contributed by atoms with Crippen LogP contribution in [0.1, 0.15) is 35.9 Å². The summed E-state index contributed by atoms with van der Waals surface area (Å²) in [5, 5.41) is 6.73. The van der Waals surface area contributed by atoms with Crippen LogP contribution in [0.15, 0.2) is 28.5 Å². The molecule has 0 bridgehead atoms. The quantitative estimate of drug-likeness (QED) is 0.844. The highest BCUT2D eigenvalue weighted by molar-refractivity contribution is 7.89. The molecule has 0 radical (unpaired) electrons. The predicted octanol–water partition coefficient (Wildman–Crippen LogP) is 1.97. The Balaban J connectivity index is 2.22. The van der Waals surface area contributed by atoms with Gasteiger partial charge in [-0.15, -0.1) is 11.3 Å². The van der Waals surface area contributed by atoms with Crippen LogP contribution in [-0.2, 0) is 10.0 Å². The number of rotatable bonds is 5. The molecule has 0 fully saturated rings. The van der Waals surface area contributed by atoms with Gasteiger partial charge >= 0.3 is 0 Å². The molecule has 20 heavy (non-hydrogen) atoms. The van der Waals surface area contributed by atoms with Crippen LogP contribution in [0.25, 0.3) is 0 Å². The lowest BCUT2D eigenvalue weighted by Crippen LogP contribution is -2.36. The summed E-state index contributed by atoms with van der Waals surface area (Å²) >= 11 is 1.12. The predicted molar refractivity (Wildman–Crippen MR) is 79.2 cm³/mol. The van der Waals surface area contributed by atoms with E-state index in [-0.39, 0.29) is 21.7 Å². The second kappa shape index (κ2) is 6.07. The number of carbonyl (C=O) groups is 1. The smallest absolute Gasteiger partial charge is 0.266 e. The maximum absolute atomic E-state index is 12.5. The van der Waals surface area contributed by atoms with Gasteiger partial charge in [-0.25, -0.2) is 13.6 Å². The number of hydrogen-bond acceptors (Lipinski definition) is 4. The SMILES string of the molecule is CCCCC1C=CCN1C(=O)c1sccc1S(N)(=O)=O. The van der Waals surface area contributed by atoms with Gasteiger partial charge in [0.15, 0.2) is 0 Å². The Bertz CT molecular complexity index is 619. The van der Waals surface area contributed by atoms with Crippen molar-refractivity contribution in [3.8, 4) is 0 Å². The van der Waals surface area contributed by atoms with Gasteiger partial charge in [-0.05, 0) is 17.9 Å². The van der Waals surface area contributed by atoms with Crippen molar-refractivity contribution < 1.29 is 13.2 Å². The maximum Gasteiger partial charge on any atom is 0.266 e. The Morgan fingerprint density at radius 2 is 2.30 bits per heavy atom. The van der Waals surface area contributed by atoms with E-state index >= 15 is 0 Å². The molecule has 1 atom stereocenters. The Labute approximate surface area is 123 Å². The van der Waals surface area contributed by atoms with Gasteiger partial charge in [0.1, 0.15) is 9.77 Å². The summed E-state index contributed by atoms with van der Waals surface area (Å²) in [5.41, 5.74) is 0. The number of primary sulfonamides is 1. The maximum atomic E-state index is 12.5. The van der Waals surface area contributed by atoms with Gasteiger partial charge in [-0.3, -0.25) is 4.79 Å². The van der Waals surface area contributed by atoms with Gasteiger partial charge in [0.2, 0.25) is 10.0 Å². The molecule has 1 amide bonds. The van der Waals surface area contributed by atoms with E-state index in [0.717, 1.165) is 30.6 Å². The van der Waals surface area contributed by atoms with E-state index in [1.54, 1.807) is 10.3 Å². The number of amides is 1. The van der Waals surface area contributed by atoms with Crippen molar-refractivity contribution in [3.63, 3.8) is 0 Å². The summed E-state index contributed by atoms with van der Waals surface area (Å²) in [7, 11) is -3.86. The average molecular weight is 314 g/mol. The summed E-state index contributed by atoms with van der Waals surface area (Å²) in [5.74, 6) is -0.255. The molecule has 1 aliphatic heterocycles. The lowest BCUT2D eigenvalue weighted by atomic mass is 10.1. The number of hydrogen-bond donors (Lipinski definition) is 1. The fourth-order valence-electron chi connectivity index (χ4n) is 2.28. The number of unbranched alkanes of at least 4 members (excludes halogenated alkanes) is 1. The molecule has 0 saturated carbocycles. The lowest BCUT2D eigenvalue weighted by Gasteiger charge is -2.24. The summed E-state index contributed by atoms with van der Waals surface area (Å²) in [6.07, 6.45) is 6.95. The van der Waals surface area contributed by atoms with Gasteiger partial charge in [-0.2, -0.15) is 0 Å². The molecule has 2 N–H and O–H groups in total. The van der Waals surface area contributed by atoms with Gasteiger partial charge in [0, 0.05) is 6.54 Å². The molecule has 110 valence electrons. The van der Waals surface area contributed by atoms with Crippen molar-refractivity contribution in [2.45, 2.75) is 37.1 Å². The van der Waals surface area contributed by atoms with E-state index in [1.165, 1.54) is 6.07 Å². The standard InChI is InChI=1S/C13H18N2O3S2/c1-2-3-5-10-6-4-8-15(10)13(16)12-11(7-9-19-12)20(14,17)18/h4,6-7,9-10H,2-3,5,8H2,1H3,(H2,14,17,18). The van der Waals surface area contributed by atoms with Crippen molar-refractivity contribution >= 4 is 27.3 Å². The van der Waals surface area contributed by atoms with Crippen LogP contribution >= 0.6 is 11.3 Å². The topological polar surface area (TPSA) is 80.5 Å². The number of thiophene rings is 1. The second-order valence-corrected chi connectivity index (χ2v) is 7.20. The molecule has 0 aromatic carbocycles. The minimum absolute atomic E-state index is 0.0536. The molecule has 0 spiro atoms. The van der Waals surface area contributed by atoms with Crippen LogP contribution in [0.5, 0.6) is 0 Å². The minimum atomic E-state index is -3.86. The monoisotopic (exact) mass is 314 g/mol. The van der Waals surface area contributed by atoms with Gasteiger partial charge in [-0.1, -0.05) is 31.9 Å². The first-order chi connectivity index (χ1) is 9.45. The number of carbonyl (C=O) groups excluding carboxylic acids is 1. The normalized spacial score (nSPS) is 18.7. The summed E-state index contributed by atoms with van der Waals surface area (Å²) < 4.78 is 23.0. The third-order valence-corrected chi connectivity index (χ3v) is 5.29. The Kier molecular flexibility index (Phi) is 4.62. The van der Waals surface area contributed by atoms with Crippen molar-refractivity contribution in [3.05, 3.63) is 28.5 Å². The number of nitrogens with two attached hydrogens (primary N) is 1. The van der Waals surface area contributed by atoms with Gasteiger partial charge < -0.3 is 4.90 Å². The van der Waals surface area contributed by atoms with Crippen molar-refractivity contribution in [2.75, 3.05) is 6.54 Å². The number of nitrogens with zero attached hydrogens (tertiary/aromatic N) is 1. The van der Waals surface area contributed by atoms with Crippen LogP contribution < -0.4 is 5.14 Å². The second-order valence-electron chi connectivity index (χ2n) is 4.75. The van der Waals surface area contributed by atoms with Crippen molar-refractivity contribution in [1.29, 1.82) is 0 Å². The Morgan fingerprint density at radius 1 is 1.55 bits per heavy atom. The van der Waals surface area contributed by atoms with Crippen LogP contribution in [0.2, 0.25) is 0 Å². The van der Waals surface area contributed by atoms with E-state index in [0.29, 0.717) is 6.54 Å². The van der Waals surface area contributed by atoms with Crippen molar-refractivity contribution in [1.82, 2.24) is 4.90 Å². The van der Waals surface area contributed by atoms with Crippen LogP contribution in [-0.4, -0.2) is 31.8 Å². The molecule has 1 aromatic heterocycles. The molecule has 1 unspecified atom stereocenters. The highest BCUT2D eigenvalue weighted by Gasteiger charge is 2.29. The summed E-state index contributed by atoms with van der Waals surface area (Å²) in [4.78, 5) is 14.4. The van der Waals surface area contributed by atoms with Gasteiger partial charge in [0.25, 0.3) is 5.91 Å². The Hall–Kier alpha value is -1.18. The highest BCUT2D eigenvalue weighted by Crippen LogP contribution is 2.26. The Morgan fingerprint density at radius 3 is 2.95 bits per heavy atom. The summed E-state index contributed by atoms with van der Waals surface area (Å²) in [6, 6.07) is 1.44. The molecular formula is C13H18N2O3S2. The number of sulfonamides is 1. The van der Waals surface area contributed by atoms with E-state index < -0.39 is 10.0 Å². The molecule has 0 saturated heterocycles. The fourth-order valence-corrected chi connectivity index (χ4v) is 4.20. The zero-order valence-corrected chi connectivity index (χ0v) is 12.9. The van der Waals surface area contributed by atoms with Crippen LogP contribution in [0, 0.1) is 0 Å². The first-order valence-electron chi connectivity index (χ1n) is 6.53. The zero-order chi connectivity index (χ0) is 14.8. The first-order valence-corrected chi connectivity index (χ1v) is 8.95. The van der Waals surface area contributed by atoms with Crippen LogP contribution in [0.3, 0.4) is 0 Å². The van der Waals surface area contributed by atoms with E-state index in [4.69, 9.17) is 5.14 Å². The molecule has 1 aliphatic rings. The molecule has 7 heteroatoms. The minimum Gasteiger partial charge on any atom is -0.328 e. The zero-order valence-electron chi connectivity index (χ0n) is 11.3. The molecular weight excluding hydrogens is 296 g/mol. The largest absolute Gasteiger partial charge is 0.328 e. The van der Waals surface area contributed by atoms with Crippen molar-refractivity contribution in [2.24, 2.45) is 5.14 Å². The first kappa shape index (κ1) is 15.2. The molecule has 1 aromatic rings. The van der Waals surface area contributed by atoms with E-state index in [2.05, 4.69) is 6.92 Å². The average Bonchev–Trinajstić information content (AvgIpc) is 3.03. The highest BCUT2D eigenvalue weighted by atomic mass is 32.2. The molecule has 5 nitrogen and oxygen atoms in total.